The molecule has 0 aromatic rings. The predicted molar refractivity (Wildman–Crippen MR) is 50.3 cm³/mol. The number of carbonyl (C=O) groups excluding carboxylic acids is 1. The summed E-state index contributed by atoms with van der Waals surface area (Å²) in [6.07, 6.45) is 2.73. The Morgan fingerprint density at radius 2 is 2.07 bits per heavy atom. The van der Waals surface area contributed by atoms with Crippen molar-refractivity contribution in [3.05, 3.63) is 0 Å². The number of likely N-dealkylation sites (tertiary alicyclic amines) is 1. The molecule has 0 bridgehead atoms. The van der Waals surface area contributed by atoms with E-state index in [-0.39, 0.29) is 12.2 Å². The van der Waals surface area contributed by atoms with Crippen molar-refractivity contribution in [1.29, 1.82) is 0 Å². The standard InChI is InChI=1S/C10H15NO4/c12-9(15-8-1-2-8)11-4-3-10(7-11)13-5-6-14-10/h8H,1-7H2. The van der Waals surface area contributed by atoms with Crippen molar-refractivity contribution in [2.75, 3.05) is 26.3 Å². The van der Waals surface area contributed by atoms with Crippen LogP contribution >= 0.6 is 0 Å². The lowest BCUT2D eigenvalue weighted by Gasteiger charge is -2.21. The van der Waals surface area contributed by atoms with Crippen LogP contribution in [0.2, 0.25) is 0 Å². The molecular weight excluding hydrogens is 198 g/mol. The van der Waals surface area contributed by atoms with Crippen molar-refractivity contribution in [3.63, 3.8) is 0 Å². The minimum absolute atomic E-state index is 0.166. The minimum Gasteiger partial charge on any atom is -0.446 e. The van der Waals surface area contributed by atoms with Gasteiger partial charge in [0.25, 0.3) is 0 Å². The molecule has 1 amide bonds. The number of carbonyl (C=O) groups is 1. The van der Waals surface area contributed by atoms with Crippen molar-refractivity contribution in [2.45, 2.75) is 31.2 Å². The van der Waals surface area contributed by atoms with Crippen LogP contribution in [0.4, 0.5) is 4.79 Å². The van der Waals surface area contributed by atoms with Crippen LogP contribution in [0.1, 0.15) is 19.3 Å². The van der Waals surface area contributed by atoms with Gasteiger partial charge >= 0.3 is 6.09 Å². The highest BCUT2D eigenvalue weighted by Gasteiger charge is 2.45. The van der Waals surface area contributed by atoms with Gasteiger partial charge in [0.05, 0.1) is 19.8 Å². The maximum atomic E-state index is 11.6. The number of amides is 1. The van der Waals surface area contributed by atoms with Crippen molar-refractivity contribution >= 4 is 6.09 Å². The van der Waals surface area contributed by atoms with Crippen LogP contribution in [0.15, 0.2) is 0 Å². The van der Waals surface area contributed by atoms with Crippen molar-refractivity contribution < 1.29 is 19.0 Å². The van der Waals surface area contributed by atoms with Crippen molar-refractivity contribution in [3.8, 4) is 0 Å². The molecule has 1 saturated carbocycles. The van der Waals surface area contributed by atoms with Crippen LogP contribution in [0.5, 0.6) is 0 Å². The molecule has 0 aromatic heterocycles. The maximum Gasteiger partial charge on any atom is 0.410 e. The van der Waals surface area contributed by atoms with Gasteiger partial charge in [-0.1, -0.05) is 0 Å². The summed E-state index contributed by atoms with van der Waals surface area (Å²) >= 11 is 0. The highest BCUT2D eigenvalue weighted by atomic mass is 16.7. The van der Waals surface area contributed by atoms with Gasteiger partial charge in [0.15, 0.2) is 5.79 Å². The summed E-state index contributed by atoms with van der Waals surface area (Å²) in [5.41, 5.74) is 0. The van der Waals surface area contributed by atoms with Gasteiger partial charge in [0.1, 0.15) is 6.10 Å². The highest BCUT2D eigenvalue weighted by Crippen LogP contribution is 2.32. The van der Waals surface area contributed by atoms with Crippen LogP contribution in [0.25, 0.3) is 0 Å². The fraction of sp³-hybridized carbons (Fsp3) is 0.900. The second-order valence-corrected chi connectivity index (χ2v) is 4.36. The normalized spacial score (nSPS) is 28.7. The summed E-state index contributed by atoms with van der Waals surface area (Å²) in [6, 6.07) is 0. The first kappa shape index (κ1) is 9.42. The van der Waals surface area contributed by atoms with Crippen LogP contribution in [0, 0.1) is 0 Å². The molecule has 2 aliphatic heterocycles. The Labute approximate surface area is 88.3 Å². The van der Waals surface area contributed by atoms with Gasteiger partial charge < -0.3 is 19.1 Å². The SMILES string of the molecule is O=C(OC1CC1)N1CCC2(C1)OCCO2. The van der Waals surface area contributed by atoms with Crippen LogP contribution in [-0.4, -0.2) is 49.2 Å². The number of hydrogen-bond acceptors (Lipinski definition) is 4. The van der Waals surface area contributed by atoms with E-state index in [1.54, 1.807) is 4.90 Å². The summed E-state index contributed by atoms with van der Waals surface area (Å²) in [5, 5.41) is 0. The summed E-state index contributed by atoms with van der Waals surface area (Å²) in [7, 11) is 0. The summed E-state index contributed by atoms with van der Waals surface area (Å²) in [5.74, 6) is -0.525. The maximum absolute atomic E-state index is 11.6. The minimum atomic E-state index is -0.525. The van der Waals surface area contributed by atoms with Gasteiger partial charge in [0, 0.05) is 13.0 Å². The Bertz CT molecular complexity index is 271. The molecule has 2 heterocycles. The topological polar surface area (TPSA) is 48.0 Å². The monoisotopic (exact) mass is 213 g/mol. The zero-order chi connectivity index (χ0) is 10.3. The summed E-state index contributed by atoms with van der Waals surface area (Å²) < 4.78 is 16.3. The van der Waals surface area contributed by atoms with E-state index in [0.29, 0.717) is 26.3 Å². The van der Waals surface area contributed by atoms with E-state index in [2.05, 4.69) is 0 Å². The third kappa shape index (κ3) is 1.81. The van der Waals surface area contributed by atoms with E-state index in [9.17, 15) is 4.79 Å². The molecule has 1 aliphatic carbocycles. The van der Waals surface area contributed by atoms with Gasteiger partial charge in [-0.15, -0.1) is 0 Å². The van der Waals surface area contributed by atoms with Gasteiger partial charge in [-0.05, 0) is 12.8 Å². The van der Waals surface area contributed by atoms with Crippen LogP contribution in [-0.2, 0) is 14.2 Å². The Kier molecular flexibility index (Phi) is 2.10. The number of nitrogens with zero attached hydrogens (tertiary/aromatic N) is 1. The summed E-state index contributed by atoms with van der Waals surface area (Å²) in [4.78, 5) is 13.3. The smallest absolute Gasteiger partial charge is 0.410 e. The van der Waals surface area contributed by atoms with Crippen LogP contribution < -0.4 is 0 Å². The molecule has 1 spiro atoms. The number of rotatable bonds is 1. The molecule has 2 saturated heterocycles. The molecule has 3 rings (SSSR count). The second kappa shape index (κ2) is 3.35. The van der Waals surface area contributed by atoms with Crippen molar-refractivity contribution in [2.24, 2.45) is 0 Å². The Hall–Kier alpha value is -0.810. The van der Waals surface area contributed by atoms with Gasteiger partial charge in [-0.3, -0.25) is 0 Å². The third-order valence-corrected chi connectivity index (χ3v) is 3.06. The average molecular weight is 213 g/mol. The quantitative estimate of drug-likeness (QED) is 0.644. The molecule has 15 heavy (non-hydrogen) atoms. The molecule has 3 fully saturated rings. The molecule has 3 aliphatic rings. The highest BCUT2D eigenvalue weighted by molar-refractivity contribution is 5.68. The first-order valence-corrected chi connectivity index (χ1v) is 5.51. The molecule has 5 heteroatoms. The first-order chi connectivity index (χ1) is 7.27. The third-order valence-electron chi connectivity index (χ3n) is 3.06. The van der Waals surface area contributed by atoms with Gasteiger partial charge in [0.2, 0.25) is 0 Å². The molecule has 0 radical (unpaired) electrons. The molecule has 84 valence electrons. The molecule has 5 nitrogen and oxygen atoms in total. The number of hydrogen-bond donors (Lipinski definition) is 0. The lowest BCUT2D eigenvalue weighted by Crippen LogP contribution is -2.37. The molecular formula is C10H15NO4. The molecule has 0 unspecified atom stereocenters. The summed E-state index contributed by atoms with van der Waals surface area (Å²) in [6.45, 7) is 2.45. The van der Waals surface area contributed by atoms with E-state index in [4.69, 9.17) is 14.2 Å². The van der Waals surface area contributed by atoms with Gasteiger partial charge in [-0.2, -0.15) is 0 Å². The largest absolute Gasteiger partial charge is 0.446 e. The van der Waals surface area contributed by atoms with Crippen molar-refractivity contribution in [1.82, 2.24) is 4.90 Å². The fourth-order valence-electron chi connectivity index (χ4n) is 2.05. The number of ether oxygens (including phenoxy) is 3. The van der Waals surface area contributed by atoms with E-state index in [1.807, 2.05) is 0 Å². The lowest BCUT2D eigenvalue weighted by molar-refractivity contribution is -0.144. The Morgan fingerprint density at radius 1 is 1.33 bits per heavy atom. The lowest BCUT2D eigenvalue weighted by atomic mass is 10.2. The molecule has 0 atom stereocenters. The fourth-order valence-corrected chi connectivity index (χ4v) is 2.05. The average Bonchev–Trinajstić information content (AvgIpc) is 2.81. The van der Waals surface area contributed by atoms with Gasteiger partial charge in [-0.25, -0.2) is 4.79 Å². The Morgan fingerprint density at radius 3 is 2.73 bits per heavy atom. The van der Waals surface area contributed by atoms with E-state index >= 15 is 0 Å². The van der Waals surface area contributed by atoms with Crippen LogP contribution in [0.3, 0.4) is 0 Å². The van der Waals surface area contributed by atoms with E-state index < -0.39 is 5.79 Å². The predicted octanol–water partition coefficient (Wildman–Crippen LogP) is 0.734. The second-order valence-electron chi connectivity index (χ2n) is 4.36. The van der Waals surface area contributed by atoms with E-state index in [0.717, 1.165) is 19.3 Å². The van der Waals surface area contributed by atoms with E-state index in [1.165, 1.54) is 0 Å². The molecule has 0 aromatic carbocycles. The Balaban J connectivity index is 1.57. The zero-order valence-corrected chi connectivity index (χ0v) is 8.61. The zero-order valence-electron chi connectivity index (χ0n) is 8.61. The first-order valence-electron chi connectivity index (χ1n) is 5.51. The molecule has 0 N–H and O–H groups in total.